The van der Waals surface area contributed by atoms with Gasteiger partial charge in [0.1, 0.15) is 11.3 Å². The number of benzene rings is 1. The van der Waals surface area contributed by atoms with E-state index in [1.165, 1.54) is 18.2 Å². The third-order valence-electron chi connectivity index (χ3n) is 2.06. The molecular formula is C10H8F3INO5S-. The van der Waals surface area contributed by atoms with Crippen molar-refractivity contribution in [1.29, 1.82) is 0 Å². The first-order valence-electron chi connectivity index (χ1n) is 5.20. The number of sulfonamides is 1. The molecule has 0 heterocycles. The van der Waals surface area contributed by atoms with Gasteiger partial charge in [0.25, 0.3) is 0 Å². The molecule has 6 nitrogen and oxygen atoms in total. The highest BCUT2D eigenvalue weighted by Gasteiger charge is 2.38. The zero-order valence-corrected chi connectivity index (χ0v) is 13.1. The van der Waals surface area contributed by atoms with E-state index in [1.807, 2.05) is 22.6 Å². The molecule has 1 rings (SSSR count). The van der Waals surface area contributed by atoms with E-state index < -0.39 is 34.7 Å². The topological polar surface area (TPSA) is 94.8 Å². The summed E-state index contributed by atoms with van der Waals surface area (Å²) in [6.45, 7) is -1.53. The lowest BCUT2D eigenvalue weighted by Crippen LogP contribution is -2.23. The van der Waals surface area contributed by atoms with Crippen molar-refractivity contribution in [3.63, 3.8) is 0 Å². The largest absolute Gasteiger partial charge is 0.538 e. The zero-order valence-electron chi connectivity index (χ0n) is 10.1. The lowest BCUT2D eigenvalue weighted by molar-refractivity contribution is -0.0427. The van der Waals surface area contributed by atoms with Gasteiger partial charge in [-0.05, 0) is 40.8 Å². The second-order valence-electron chi connectivity index (χ2n) is 3.57. The fourth-order valence-corrected chi connectivity index (χ4v) is 2.07. The van der Waals surface area contributed by atoms with Crippen LogP contribution < -0.4 is 0 Å². The van der Waals surface area contributed by atoms with Gasteiger partial charge in [-0.3, -0.25) is 0 Å². The van der Waals surface area contributed by atoms with Crippen molar-refractivity contribution in [2.24, 2.45) is 0 Å². The van der Waals surface area contributed by atoms with Crippen LogP contribution in [0.15, 0.2) is 18.2 Å². The number of nitrogens with zero attached hydrogens (tertiary/aromatic N) is 1. The molecule has 11 heteroatoms. The minimum atomic E-state index is -5.59. The van der Waals surface area contributed by atoms with Gasteiger partial charge in [-0.25, -0.2) is 13.2 Å². The molecule has 21 heavy (non-hydrogen) atoms. The van der Waals surface area contributed by atoms with E-state index in [0.717, 1.165) is 0 Å². The molecule has 0 saturated heterocycles. The van der Waals surface area contributed by atoms with Crippen LogP contribution in [0.2, 0.25) is 0 Å². The summed E-state index contributed by atoms with van der Waals surface area (Å²) in [6, 6.07) is 4.08. The number of carbonyl (C=O) groups excluding carboxylic acids is 1. The third-order valence-corrected chi connectivity index (χ3v) is 3.84. The van der Waals surface area contributed by atoms with E-state index in [0.29, 0.717) is 3.57 Å². The molecule has 1 aromatic rings. The normalized spacial score (nSPS) is 12.2. The first-order valence-corrected chi connectivity index (χ1v) is 7.72. The Hall–Kier alpha value is -1.08. The number of halogens is 4. The monoisotopic (exact) mass is 438 g/mol. The molecule has 0 spiro atoms. The Kier molecular flexibility index (Phi) is 5.81. The van der Waals surface area contributed by atoms with Crippen LogP contribution in [0.1, 0.15) is 10.4 Å². The number of hydrogen-bond acceptors (Lipinski definition) is 5. The van der Waals surface area contributed by atoms with Gasteiger partial charge in [-0.15, -0.1) is 6.54 Å². The van der Waals surface area contributed by atoms with Crippen molar-refractivity contribution in [3.8, 4) is 5.75 Å². The molecule has 0 aliphatic rings. The van der Waals surface area contributed by atoms with Crippen LogP contribution >= 0.6 is 22.6 Å². The number of rotatable bonds is 5. The Labute approximate surface area is 131 Å². The predicted octanol–water partition coefficient (Wildman–Crippen LogP) is 2.38. The van der Waals surface area contributed by atoms with Crippen molar-refractivity contribution in [2.45, 2.75) is 5.51 Å². The second-order valence-corrected chi connectivity index (χ2v) is 6.49. The number of ether oxygens (including phenoxy) is 1. The molecule has 0 radical (unpaired) electrons. The molecular weight excluding hydrogens is 430 g/mol. The van der Waals surface area contributed by atoms with Crippen molar-refractivity contribution in [1.82, 2.24) is 0 Å². The fourth-order valence-electron chi connectivity index (χ4n) is 1.12. The lowest BCUT2D eigenvalue weighted by Gasteiger charge is -2.21. The molecule has 0 unspecified atom stereocenters. The molecule has 0 aromatic heterocycles. The van der Waals surface area contributed by atoms with Crippen LogP contribution in [0, 0.1) is 3.57 Å². The lowest BCUT2D eigenvalue weighted by atomic mass is 10.2. The van der Waals surface area contributed by atoms with Crippen LogP contribution in [-0.2, 0) is 14.8 Å². The van der Waals surface area contributed by atoms with Gasteiger partial charge in [0.15, 0.2) is 10.0 Å². The minimum absolute atomic E-state index is 0.180. The van der Waals surface area contributed by atoms with Gasteiger partial charge in [0.2, 0.25) is 0 Å². The summed E-state index contributed by atoms with van der Waals surface area (Å²) >= 11 is 1.88. The van der Waals surface area contributed by atoms with Gasteiger partial charge in [-0.2, -0.15) is 13.2 Å². The van der Waals surface area contributed by atoms with Crippen molar-refractivity contribution >= 4 is 38.6 Å². The molecule has 0 aliphatic carbocycles. The van der Waals surface area contributed by atoms with E-state index >= 15 is 0 Å². The second kappa shape index (κ2) is 6.79. The van der Waals surface area contributed by atoms with Crippen molar-refractivity contribution in [3.05, 3.63) is 32.1 Å². The number of phenolic OH excluding ortho intramolecular Hbond substituents is 1. The summed E-state index contributed by atoms with van der Waals surface area (Å²) in [5.74, 6) is -1.36. The molecule has 1 aromatic carbocycles. The first-order chi connectivity index (χ1) is 9.54. The molecule has 118 valence electrons. The van der Waals surface area contributed by atoms with E-state index in [2.05, 4.69) is 9.46 Å². The standard InChI is InChI=1S/C10H8F3INO5S/c11-10(12,13)21(18,19)15-3-4-20-9(17)7-5-6(14)1-2-8(7)16/h1-2,5H,3-4H2,(H,16,17)/q-1. The Morgan fingerprint density at radius 1 is 1.38 bits per heavy atom. The molecule has 0 saturated carbocycles. The van der Waals surface area contributed by atoms with Crippen LogP contribution in [0.4, 0.5) is 13.2 Å². The van der Waals surface area contributed by atoms with Crippen LogP contribution in [0.5, 0.6) is 5.75 Å². The smallest absolute Gasteiger partial charge is 0.480 e. The maximum Gasteiger partial charge on any atom is 0.480 e. The predicted molar refractivity (Wildman–Crippen MR) is 74.3 cm³/mol. The maximum atomic E-state index is 12.0. The average molecular weight is 438 g/mol. The molecule has 0 amide bonds. The van der Waals surface area contributed by atoms with E-state index in [4.69, 9.17) is 0 Å². The molecule has 1 N–H and O–H groups in total. The quantitative estimate of drug-likeness (QED) is 0.433. The van der Waals surface area contributed by atoms with Gasteiger partial charge in [0.05, 0.1) is 6.61 Å². The zero-order chi connectivity index (χ0) is 16.3. The number of hydrogen-bond donors (Lipinski definition) is 1. The summed E-state index contributed by atoms with van der Waals surface area (Å²) in [4.78, 5) is 11.5. The van der Waals surface area contributed by atoms with Gasteiger partial charge < -0.3 is 14.6 Å². The Morgan fingerprint density at radius 3 is 2.57 bits per heavy atom. The summed E-state index contributed by atoms with van der Waals surface area (Å²) < 4.78 is 64.7. The summed E-state index contributed by atoms with van der Waals surface area (Å²) in [7, 11) is -5.59. The molecule has 0 bridgehead atoms. The van der Waals surface area contributed by atoms with E-state index in [1.54, 1.807) is 0 Å². The van der Waals surface area contributed by atoms with Crippen LogP contribution in [0.25, 0.3) is 4.72 Å². The summed E-state index contributed by atoms with van der Waals surface area (Å²) in [5.41, 5.74) is -5.66. The van der Waals surface area contributed by atoms with Crippen LogP contribution in [0.3, 0.4) is 0 Å². The number of carbonyl (C=O) groups is 1. The number of esters is 1. The highest BCUT2D eigenvalue weighted by atomic mass is 127. The maximum absolute atomic E-state index is 12.0. The number of phenols is 1. The third kappa shape index (κ3) is 5.00. The van der Waals surface area contributed by atoms with E-state index in [-0.39, 0.29) is 11.3 Å². The average Bonchev–Trinajstić information content (AvgIpc) is 2.36. The highest BCUT2D eigenvalue weighted by molar-refractivity contribution is 14.1. The Bertz CT molecular complexity index is 632. The van der Waals surface area contributed by atoms with Gasteiger partial charge in [-0.1, -0.05) is 0 Å². The minimum Gasteiger partial charge on any atom is -0.538 e. The van der Waals surface area contributed by atoms with Gasteiger partial charge >= 0.3 is 11.5 Å². The molecule has 0 aliphatic heterocycles. The Balaban J connectivity index is 2.54. The fraction of sp³-hybridized carbons (Fsp3) is 0.300. The van der Waals surface area contributed by atoms with Crippen LogP contribution in [-0.4, -0.2) is 38.2 Å². The van der Waals surface area contributed by atoms with Gasteiger partial charge in [0, 0.05) is 3.57 Å². The summed E-state index contributed by atoms with van der Waals surface area (Å²) in [5, 5.41) is 9.43. The Morgan fingerprint density at radius 2 is 2.00 bits per heavy atom. The number of alkyl halides is 3. The summed E-state index contributed by atoms with van der Waals surface area (Å²) in [6.07, 6.45) is 0. The highest BCUT2D eigenvalue weighted by Crippen LogP contribution is 2.27. The molecule has 0 fully saturated rings. The SMILES string of the molecule is O=C(OCC[N-]S(=O)(=O)C(F)(F)F)c1cc(I)ccc1O. The first kappa shape index (κ1) is 18.0. The number of aromatic hydroxyl groups is 1. The van der Waals surface area contributed by atoms with Crippen molar-refractivity contribution < 1.29 is 36.2 Å². The van der Waals surface area contributed by atoms with E-state index in [9.17, 15) is 31.5 Å². The van der Waals surface area contributed by atoms with Crippen molar-refractivity contribution in [2.75, 3.05) is 13.2 Å². The molecule has 0 atom stereocenters.